The van der Waals surface area contributed by atoms with Gasteiger partial charge in [0.05, 0.1) is 5.69 Å². The Labute approximate surface area is 117 Å². The number of nitrogen functional groups attached to an aromatic ring is 1. The molecule has 108 valence electrons. The first-order chi connectivity index (χ1) is 9.38. The van der Waals surface area contributed by atoms with Gasteiger partial charge in [-0.3, -0.25) is 4.68 Å². The summed E-state index contributed by atoms with van der Waals surface area (Å²) in [5.41, 5.74) is 7.67. The standard InChI is InChI=1S/C12H17N5O2S/c1-17-10(5-7-16-17)4-6-15-9-2-3-12(11(13)8-9)20(14,18)19/h2-3,5,7-8,15H,4,6,13H2,1H3,(H2,14,18,19). The molecule has 8 heteroatoms. The average molecular weight is 295 g/mol. The molecule has 7 nitrogen and oxygen atoms in total. The number of anilines is 2. The number of hydrogen-bond acceptors (Lipinski definition) is 5. The molecule has 1 heterocycles. The number of hydrogen-bond donors (Lipinski definition) is 3. The van der Waals surface area contributed by atoms with E-state index in [1.807, 2.05) is 13.1 Å². The lowest BCUT2D eigenvalue weighted by Gasteiger charge is -2.09. The molecule has 0 unspecified atom stereocenters. The van der Waals surface area contributed by atoms with E-state index in [1.165, 1.54) is 6.07 Å². The van der Waals surface area contributed by atoms with Crippen molar-refractivity contribution < 1.29 is 8.42 Å². The fourth-order valence-electron chi connectivity index (χ4n) is 1.90. The van der Waals surface area contributed by atoms with Crippen LogP contribution in [-0.2, 0) is 23.5 Å². The molecule has 0 atom stereocenters. The minimum absolute atomic E-state index is 0.0605. The average Bonchev–Trinajstić information content (AvgIpc) is 2.73. The van der Waals surface area contributed by atoms with Gasteiger partial charge in [-0.15, -0.1) is 0 Å². The van der Waals surface area contributed by atoms with Crippen LogP contribution in [0.25, 0.3) is 0 Å². The number of aryl methyl sites for hydroxylation is 1. The van der Waals surface area contributed by atoms with Gasteiger partial charge in [-0.25, -0.2) is 13.6 Å². The second-order valence-corrected chi connectivity index (χ2v) is 5.95. The van der Waals surface area contributed by atoms with Gasteiger partial charge in [0.15, 0.2) is 0 Å². The maximum atomic E-state index is 11.2. The maximum absolute atomic E-state index is 11.2. The van der Waals surface area contributed by atoms with Crippen LogP contribution in [-0.4, -0.2) is 24.7 Å². The zero-order chi connectivity index (χ0) is 14.8. The smallest absolute Gasteiger partial charge is 0.240 e. The van der Waals surface area contributed by atoms with Crippen molar-refractivity contribution in [3.05, 3.63) is 36.2 Å². The van der Waals surface area contributed by atoms with Gasteiger partial charge in [0.25, 0.3) is 0 Å². The monoisotopic (exact) mass is 295 g/mol. The summed E-state index contributed by atoms with van der Waals surface area (Å²) < 4.78 is 24.3. The molecule has 2 aromatic rings. The first kappa shape index (κ1) is 14.4. The predicted octanol–water partition coefficient (Wildman–Crippen LogP) is 0.304. The Morgan fingerprint density at radius 1 is 1.35 bits per heavy atom. The number of primary sulfonamides is 1. The van der Waals surface area contributed by atoms with Gasteiger partial charge in [0, 0.05) is 37.6 Å². The molecule has 0 aliphatic carbocycles. The Morgan fingerprint density at radius 3 is 2.65 bits per heavy atom. The van der Waals surface area contributed by atoms with Gasteiger partial charge in [-0.05, 0) is 24.3 Å². The molecule has 20 heavy (non-hydrogen) atoms. The van der Waals surface area contributed by atoms with Gasteiger partial charge in [-0.2, -0.15) is 5.10 Å². The van der Waals surface area contributed by atoms with Crippen molar-refractivity contribution in [2.24, 2.45) is 12.2 Å². The molecular formula is C12H17N5O2S. The second kappa shape index (κ2) is 5.51. The number of nitrogens with zero attached hydrogens (tertiary/aromatic N) is 2. The molecule has 0 bridgehead atoms. The summed E-state index contributed by atoms with van der Waals surface area (Å²) >= 11 is 0. The van der Waals surface area contributed by atoms with Gasteiger partial charge in [0.2, 0.25) is 10.0 Å². The highest BCUT2D eigenvalue weighted by Crippen LogP contribution is 2.21. The molecule has 0 radical (unpaired) electrons. The molecule has 1 aromatic carbocycles. The van der Waals surface area contributed by atoms with Gasteiger partial charge in [0.1, 0.15) is 4.90 Å². The molecule has 5 N–H and O–H groups in total. The zero-order valence-electron chi connectivity index (χ0n) is 11.1. The zero-order valence-corrected chi connectivity index (χ0v) is 11.9. The van der Waals surface area contributed by atoms with E-state index in [-0.39, 0.29) is 10.6 Å². The van der Waals surface area contributed by atoms with Crippen LogP contribution in [0.2, 0.25) is 0 Å². The van der Waals surface area contributed by atoms with Crippen molar-refractivity contribution in [2.45, 2.75) is 11.3 Å². The van der Waals surface area contributed by atoms with Gasteiger partial charge >= 0.3 is 0 Å². The molecule has 0 spiro atoms. The first-order valence-electron chi connectivity index (χ1n) is 6.01. The van der Waals surface area contributed by atoms with Crippen molar-refractivity contribution >= 4 is 21.4 Å². The SMILES string of the molecule is Cn1nccc1CCNc1ccc(S(N)(=O)=O)c(N)c1. The molecule has 0 saturated carbocycles. The predicted molar refractivity (Wildman–Crippen MR) is 77.6 cm³/mol. The minimum Gasteiger partial charge on any atom is -0.398 e. The summed E-state index contributed by atoms with van der Waals surface area (Å²) in [4.78, 5) is -0.0605. The summed E-state index contributed by atoms with van der Waals surface area (Å²) in [6.45, 7) is 0.688. The summed E-state index contributed by atoms with van der Waals surface area (Å²) in [6.07, 6.45) is 2.54. The number of rotatable bonds is 5. The Hall–Kier alpha value is -2.06. The lowest BCUT2D eigenvalue weighted by Crippen LogP contribution is -2.15. The topological polar surface area (TPSA) is 116 Å². The summed E-state index contributed by atoms with van der Waals surface area (Å²) in [7, 11) is -1.89. The highest BCUT2D eigenvalue weighted by Gasteiger charge is 2.12. The lowest BCUT2D eigenvalue weighted by molar-refractivity contribution is 0.598. The Balaban J connectivity index is 2.01. The Kier molecular flexibility index (Phi) is 3.96. The fourth-order valence-corrected chi connectivity index (χ4v) is 2.54. The van der Waals surface area contributed by atoms with Gasteiger partial charge < -0.3 is 11.1 Å². The lowest BCUT2D eigenvalue weighted by atomic mass is 10.2. The third kappa shape index (κ3) is 3.28. The third-order valence-electron chi connectivity index (χ3n) is 2.95. The van der Waals surface area contributed by atoms with E-state index in [0.717, 1.165) is 17.8 Å². The van der Waals surface area contributed by atoms with Crippen LogP contribution in [0.15, 0.2) is 35.4 Å². The van der Waals surface area contributed by atoms with Crippen molar-refractivity contribution in [1.29, 1.82) is 0 Å². The minimum atomic E-state index is -3.78. The van der Waals surface area contributed by atoms with Crippen LogP contribution in [0.4, 0.5) is 11.4 Å². The van der Waals surface area contributed by atoms with E-state index >= 15 is 0 Å². The highest BCUT2D eigenvalue weighted by molar-refractivity contribution is 7.89. The van der Waals surface area contributed by atoms with Crippen LogP contribution < -0.4 is 16.2 Å². The van der Waals surface area contributed by atoms with Gasteiger partial charge in [-0.1, -0.05) is 0 Å². The highest BCUT2D eigenvalue weighted by atomic mass is 32.2. The molecule has 1 aromatic heterocycles. The van der Waals surface area contributed by atoms with Crippen LogP contribution >= 0.6 is 0 Å². The van der Waals surface area contributed by atoms with E-state index in [9.17, 15) is 8.42 Å². The molecule has 0 fully saturated rings. The number of aromatic nitrogens is 2. The maximum Gasteiger partial charge on any atom is 0.240 e. The third-order valence-corrected chi connectivity index (χ3v) is 3.93. The molecule has 0 amide bonds. The quantitative estimate of drug-likeness (QED) is 0.686. The number of sulfonamides is 1. The molecule has 0 saturated heterocycles. The van der Waals surface area contributed by atoms with Crippen LogP contribution in [0, 0.1) is 0 Å². The van der Waals surface area contributed by atoms with Crippen LogP contribution in [0.1, 0.15) is 5.69 Å². The van der Waals surface area contributed by atoms with Crippen molar-refractivity contribution in [2.75, 3.05) is 17.6 Å². The largest absolute Gasteiger partial charge is 0.398 e. The van der Waals surface area contributed by atoms with Crippen LogP contribution in [0.3, 0.4) is 0 Å². The van der Waals surface area contributed by atoms with Crippen molar-refractivity contribution in [3.8, 4) is 0 Å². The number of benzene rings is 1. The van der Waals surface area contributed by atoms with Crippen LogP contribution in [0.5, 0.6) is 0 Å². The Morgan fingerprint density at radius 2 is 2.10 bits per heavy atom. The van der Waals surface area contributed by atoms with Crippen molar-refractivity contribution in [3.63, 3.8) is 0 Å². The van der Waals surface area contributed by atoms with E-state index in [1.54, 1.807) is 23.0 Å². The summed E-state index contributed by atoms with van der Waals surface area (Å²) in [5.74, 6) is 0. The first-order valence-corrected chi connectivity index (χ1v) is 7.55. The molecule has 0 aliphatic rings. The fraction of sp³-hybridized carbons (Fsp3) is 0.250. The number of nitrogens with one attached hydrogen (secondary N) is 1. The molecular weight excluding hydrogens is 278 g/mol. The molecule has 2 rings (SSSR count). The normalized spacial score (nSPS) is 11.5. The summed E-state index contributed by atoms with van der Waals surface area (Å²) in [5, 5.41) is 12.3. The van der Waals surface area contributed by atoms with E-state index in [4.69, 9.17) is 10.9 Å². The Bertz CT molecular complexity index is 708. The van der Waals surface area contributed by atoms with E-state index in [2.05, 4.69) is 10.4 Å². The molecule has 0 aliphatic heterocycles. The van der Waals surface area contributed by atoms with E-state index in [0.29, 0.717) is 6.54 Å². The second-order valence-electron chi connectivity index (χ2n) is 4.42. The van der Waals surface area contributed by atoms with Crippen molar-refractivity contribution in [1.82, 2.24) is 9.78 Å². The summed E-state index contributed by atoms with van der Waals surface area (Å²) in [6, 6.07) is 6.54. The number of nitrogens with two attached hydrogens (primary N) is 2. The van der Waals surface area contributed by atoms with E-state index < -0.39 is 10.0 Å².